The fourth-order valence-corrected chi connectivity index (χ4v) is 4.94. The molecule has 1 fully saturated rings. The number of benzene rings is 1. The maximum atomic E-state index is 13.2. The van der Waals surface area contributed by atoms with Crippen molar-refractivity contribution < 1.29 is 14.4 Å². The first-order chi connectivity index (χ1) is 15.1. The summed E-state index contributed by atoms with van der Waals surface area (Å²) in [7, 11) is 0. The number of nitrogens with zero attached hydrogens (tertiary/aromatic N) is 2. The van der Waals surface area contributed by atoms with Crippen LogP contribution in [0, 0.1) is 12.3 Å². The van der Waals surface area contributed by atoms with Crippen molar-refractivity contribution >= 4 is 29.6 Å². The van der Waals surface area contributed by atoms with Crippen LogP contribution < -0.4 is 10.6 Å². The molecular weight excluding hydrogens is 424 g/mol. The zero-order chi connectivity index (χ0) is 23.5. The van der Waals surface area contributed by atoms with E-state index in [9.17, 15) is 14.4 Å². The predicted octanol–water partition coefficient (Wildman–Crippen LogP) is 3.45. The molecule has 3 amide bonds. The molecule has 0 spiro atoms. The zero-order valence-electron chi connectivity index (χ0n) is 19.3. The minimum atomic E-state index is -0.673. The van der Waals surface area contributed by atoms with Crippen molar-refractivity contribution in [3.8, 4) is 10.4 Å². The lowest BCUT2D eigenvalue weighted by Crippen LogP contribution is -2.56. The van der Waals surface area contributed by atoms with Crippen LogP contribution >= 0.6 is 11.3 Å². The Labute approximate surface area is 193 Å². The molecule has 172 valence electrons. The molecule has 0 bridgehead atoms. The summed E-state index contributed by atoms with van der Waals surface area (Å²) in [5, 5.41) is 5.70. The van der Waals surface area contributed by atoms with Gasteiger partial charge in [0, 0.05) is 6.54 Å². The Balaban J connectivity index is 1.68. The number of rotatable bonds is 7. The SMILES string of the molecule is Cc1ncsc1-c1ccc([C@H](C)NC(=O)[C@@H]2CCCN2C(=O)[C@@H](NC=O)C(C)(C)C)cc1. The lowest BCUT2D eigenvalue weighted by atomic mass is 9.85. The number of amides is 3. The van der Waals surface area contributed by atoms with E-state index in [0.717, 1.165) is 28.1 Å². The summed E-state index contributed by atoms with van der Waals surface area (Å²) < 4.78 is 0. The summed E-state index contributed by atoms with van der Waals surface area (Å²) in [6.45, 7) is 10.1. The van der Waals surface area contributed by atoms with Crippen LogP contribution in [-0.2, 0) is 14.4 Å². The predicted molar refractivity (Wildman–Crippen MR) is 126 cm³/mol. The van der Waals surface area contributed by atoms with Gasteiger partial charge in [-0.3, -0.25) is 14.4 Å². The maximum absolute atomic E-state index is 13.2. The Morgan fingerprint density at radius 3 is 2.50 bits per heavy atom. The molecular formula is C24H32N4O3S. The molecule has 1 aliphatic heterocycles. The van der Waals surface area contributed by atoms with Crippen molar-refractivity contribution in [2.45, 2.75) is 65.6 Å². The van der Waals surface area contributed by atoms with Crippen LogP contribution in [0.1, 0.15) is 57.8 Å². The Morgan fingerprint density at radius 2 is 1.94 bits per heavy atom. The van der Waals surface area contributed by atoms with E-state index in [1.165, 1.54) is 0 Å². The van der Waals surface area contributed by atoms with Gasteiger partial charge in [0.25, 0.3) is 0 Å². The summed E-state index contributed by atoms with van der Waals surface area (Å²) >= 11 is 1.61. The van der Waals surface area contributed by atoms with Crippen molar-refractivity contribution in [2.75, 3.05) is 6.54 Å². The molecule has 2 N–H and O–H groups in total. The smallest absolute Gasteiger partial charge is 0.246 e. The number of carbonyl (C=O) groups is 3. The number of hydrogen-bond acceptors (Lipinski definition) is 5. The fourth-order valence-electron chi connectivity index (χ4n) is 4.12. The maximum Gasteiger partial charge on any atom is 0.246 e. The molecule has 8 heteroatoms. The van der Waals surface area contributed by atoms with Crippen LogP contribution in [0.15, 0.2) is 29.8 Å². The Kier molecular flexibility index (Phi) is 7.33. The van der Waals surface area contributed by atoms with E-state index >= 15 is 0 Å². The van der Waals surface area contributed by atoms with Crippen LogP contribution in [0.3, 0.4) is 0 Å². The van der Waals surface area contributed by atoms with Gasteiger partial charge < -0.3 is 15.5 Å². The topological polar surface area (TPSA) is 91.4 Å². The number of aryl methyl sites for hydroxylation is 1. The van der Waals surface area contributed by atoms with Gasteiger partial charge in [-0.2, -0.15) is 0 Å². The third-order valence-electron chi connectivity index (χ3n) is 5.96. The Hall–Kier alpha value is -2.74. The van der Waals surface area contributed by atoms with Crippen molar-refractivity contribution in [3.05, 3.63) is 41.0 Å². The Bertz CT molecular complexity index is 964. The molecule has 0 saturated carbocycles. The van der Waals surface area contributed by atoms with Gasteiger partial charge >= 0.3 is 0 Å². The molecule has 7 nitrogen and oxygen atoms in total. The van der Waals surface area contributed by atoms with Gasteiger partial charge in [0.05, 0.1) is 22.1 Å². The molecule has 0 radical (unpaired) electrons. The fraction of sp³-hybridized carbons (Fsp3) is 0.500. The highest BCUT2D eigenvalue weighted by molar-refractivity contribution is 7.13. The van der Waals surface area contributed by atoms with Gasteiger partial charge in [0.15, 0.2) is 0 Å². The molecule has 2 heterocycles. The molecule has 2 aromatic rings. The number of aromatic nitrogens is 1. The summed E-state index contributed by atoms with van der Waals surface area (Å²) in [5.41, 5.74) is 4.50. The summed E-state index contributed by atoms with van der Waals surface area (Å²) in [6, 6.07) is 6.73. The van der Waals surface area contributed by atoms with Gasteiger partial charge in [-0.15, -0.1) is 11.3 Å². The third-order valence-corrected chi connectivity index (χ3v) is 6.94. The monoisotopic (exact) mass is 456 g/mol. The second kappa shape index (κ2) is 9.81. The highest BCUT2D eigenvalue weighted by atomic mass is 32.1. The molecule has 1 saturated heterocycles. The summed E-state index contributed by atoms with van der Waals surface area (Å²) in [6.07, 6.45) is 1.93. The molecule has 1 aromatic carbocycles. The number of likely N-dealkylation sites (tertiary alicyclic amines) is 1. The zero-order valence-corrected chi connectivity index (χ0v) is 20.2. The average Bonchev–Trinajstić information content (AvgIpc) is 3.40. The number of hydrogen-bond donors (Lipinski definition) is 2. The van der Waals surface area contributed by atoms with Crippen LogP contribution in [0.2, 0.25) is 0 Å². The lowest BCUT2D eigenvalue weighted by Gasteiger charge is -2.34. The van der Waals surface area contributed by atoms with Gasteiger partial charge in [-0.1, -0.05) is 45.0 Å². The van der Waals surface area contributed by atoms with E-state index in [1.807, 2.05) is 64.4 Å². The van der Waals surface area contributed by atoms with E-state index in [2.05, 4.69) is 15.6 Å². The Morgan fingerprint density at radius 1 is 1.25 bits per heavy atom. The largest absolute Gasteiger partial charge is 0.348 e. The van der Waals surface area contributed by atoms with Gasteiger partial charge in [-0.05, 0) is 43.2 Å². The minimum absolute atomic E-state index is 0.163. The number of carbonyl (C=O) groups excluding carboxylic acids is 3. The summed E-state index contributed by atoms with van der Waals surface area (Å²) in [5.74, 6) is -0.372. The highest BCUT2D eigenvalue weighted by Crippen LogP contribution is 2.29. The molecule has 3 atom stereocenters. The first kappa shape index (κ1) is 23.9. The normalized spacial score (nSPS) is 18.2. The highest BCUT2D eigenvalue weighted by Gasteiger charge is 2.41. The molecule has 32 heavy (non-hydrogen) atoms. The minimum Gasteiger partial charge on any atom is -0.348 e. The molecule has 0 unspecified atom stereocenters. The van der Waals surface area contributed by atoms with Gasteiger partial charge in [0.2, 0.25) is 18.2 Å². The van der Waals surface area contributed by atoms with E-state index in [0.29, 0.717) is 19.4 Å². The van der Waals surface area contributed by atoms with Crippen molar-refractivity contribution in [2.24, 2.45) is 5.41 Å². The van der Waals surface area contributed by atoms with Crippen molar-refractivity contribution in [1.82, 2.24) is 20.5 Å². The van der Waals surface area contributed by atoms with E-state index in [4.69, 9.17) is 0 Å². The second-order valence-electron chi connectivity index (χ2n) is 9.39. The van der Waals surface area contributed by atoms with Crippen LogP contribution in [0.25, 0.3) is 10.4 Å². The van der Waals surface area contributed by atoms with Crippen LogP contribution in [0.5, 0.6) is 0 Å². The summed E-state index contributed by atoms with van der Waals surface area (Å²) in [4.78, 5) is 44.3. The second-order valence-corrected chi connectivity index (χ2v) is 10.2. The van der Waals surface area contributed by atoms with E-state index in [-0.39, 0.29) is 17.9 Å². The van der Waals surface area contributed by atoms with E-state index in [1.54, 1.807) is 16.2 Å². The number of thiazole rings is 1. The average molecular weight is 457 g/mol. The molecule has 3 rings (SSSR count). The quantitative estimate of drug-likeness (QED) is 0.625. The van der Waals surface area contributed by atoms with Crippen LogP contribution in [0.4, 0.5) is 0 Å². The first-order valence-corrected chi connectivity index (χ1v) is 11.8. The van der Waals surface area contributed by atoms with E-state index < -0.39 is 17.5 Å². The van der Waals surface area contributed by atoms with Gasteiger partial charge in [0.1, 0.15) is 12.1 Å². The molecule has 0 aliphatic carbocycles. The lowest BCUT2D eigenvalue weighted by molar-refractivity contribution is -0.143. The van der Waals surface area contributed by atoms with Crippen LogP contribution in [-0.4, -0.2) is 46.7 Å². The van der Waals surface area contributed by atoms with Crippen molar-refractivity contribution in [3.63, 3.8) is 0 Å². The van der Waals surface area contributed by atoms with Crippen molar-refractivity contribution in [1.29, 1.82) is 0 Å². The molecule has 1 aromatic heterocycles. The number of nitrogens with one attached hydrogen (secondary N) is 2. The first-order valence-electron chi connectivity index (χ1n) is 10.9. The molecule has 1 aliphatic rings. The van der Waals surface area contributed by atoms with Gasteiger partial charge in [-0.25, -0.2) is 4.98 Å². The third kappa shape index (κ3) is 5.18. The standard InChI is InChI=1S/C24H32N4O3S/c1-15(17-8-10-18(11-9-17)20-16(2)26-14-32-20)27-22(30)19-7-6-12-28(19)23(31)21(25-13-29)24(3,4)5/h8-11,13-15,19,21H,6-7,12H2,1-5H3,(H,25,29)(H,27,30)/t15-,19-,21+/m0/s1.